The van der Waals surface area contributed by atoms with Crippen LogP contribution in [0.25, 0.3) is 6.08 Å². The van der Waals surface area contributed by atoms with Crippen molar-refractivity contribution in [1.82, 2.24) is 0 Å². The molecule has 80 valence electrons. The Bertz CT molecular complexity index is 411. The Balaban J connectivity index is 3.33. The molecule has 0 aliphatic heterocycles. The van der Waals surface area contributed by atoms with Gasteiger partial charge in [0.25, 0.3) is 0 Å². The first-order valence-electron chi connectivity index (χ1n) is 3.95. The molecule has 0 radical (unpaired) electrons. The molecule has 0 amide bonds. The minimum Gasteiger partial charge on any atom is -0.295 e. The van der Waals surface area contributed by atoms with E-state index in [-0.39, 0.29) is 6.07 Å². The second kappa shape index (κ2) is 4.25. The predicted octanol–water partition coefficient (Wildman–Crippen LogP) is 2.85. The summed E-state index contributed by atoms with van der Waals surface area (Å²) in [5.41, 5.74) is -0.900. The summed E-state index contributed by atoms with van der Waals surface area (Å²) in [6.45, 7) is 1.14. The largest absolute Gasteiger partial charge is 0.295 e. The van der Waals surface area contributed by atoms with Gasteiger partial charge in [0.05, 0.1) is 5.56 Å². The van der Waals surface area contributed by atoms with Crippen LogP contribution in [0.4, 0.5) is 17.6 Å². The predicted molar refractivity (Wildman–Crippen MR) is 46.0 cm³/mol. The molecule has 1 rings (SSSR count). The van der Waals surface area contributed by atoms with Gasteiger partial charge in [0, 0.05) is 6.07 Å². The molecule has 0 atom stereocenters. The van der Waals surface area contributed by atoms with E-state index in [1.165, 1.54) is 0 Å². The highest BCUT2D eigenvalue weighted by molar-refractivity contribution is 5.91. The SMILES string of the molecule is CC(=O)/C=C/c1c(F)c(F)cc(F)c1F. The number of carbonyl (C=O) groups excluding carboxylic acids is 1. The normalized spacial score (nSPS) is 11.0. The number of rotatable bonds is 2. The molecule has 1 aromatic carbocycles. The third kappa shape index (κ3) is 2.43. The van der Waals surface area contributed by atoms with Crippen LogP contribution in [0.5, 0.6) is 0 Å². The number of allylic oxidation sites excluding steroid dienone is 1. The molecule has 0 unspecified atom stereocenters. The number of carbonyl (C=O) groups is 1. The molecule has 0 fully saturated rings. The quantitative estimate of drug-likeness (QED) is 0.423. The second-order valence-electron chi connectivity index (χ2n) is 2.83. The number of hydrogen-bond acceptors (Lipinski definition) is 1. The van der Waals surface area contributed by atoms with Crippen LogP contribution in [0.1, 0.15) is 12.5 Å². The molecule has 0 aliphatic rings. The summed E-state index contributed by atoms with van der Waals surface area (Å²) in [6.07, 6.45) is 1.51. The van der Waals surface area contributed by atoms with Crippen LogP contribution >= 0.6 is 0 Å². The Morgan fingerprint density at radius 2 is 1.60 bits per heavy atom. The molecule has 0 heterocycles. The Morgan fingerprint density at radius 1 is 1.13 bits per heavy atom. The fourth-order valence-electron chi connectivity index (χ4n) is 0.939. The van der Waals surface area contributed by atoms with E-state index in [4.69, 9.17) is 0 Å². The van der Waals surface area contributed by atoms with Gasteiger partial charge in [-0.05, 0) is 19.1 Å². The lowest BCUT2D eigenvalue weighted by Crippen LogP contribution is -1.98. The summed E-state index contributed by atoms with van der Waals surface area (Å²) in [5, 5.41) is 0. The van der Waals surface area contributed by atoms with Crippen LogP contribution in [0.3, 0.4) is 0 Å². The highest BCUT2D eigenvalue weighted by Gasteiger charge is 2.16. The van der Waals surface area contributed by atoms with Crippen LogP contribution in [-0.2, 0) is 4.79 Å². The van der Waals surface area contributed by atoms with Crippen molar-refractivity contribution in [2.45, 2.75) is 6.92 Å². The zero-order chi connectivity index (χ0) is 11.6. The molecule has 1 nitrogen and oxygen atoms in total. The average molecular weight is 218 g/mol. The molecule has 0 spiro atoms. The third-order valence-corrected chi connectivity index (χ3v) is 1.63. The van der Waals surface area contributed by atoms with Crippen molar-refractivity contribution in [3.63, 3.8) is 0 Å². The molecule has 0 N–H and O–H groups in total. The van der Waals surface area contributed by atoms with Crippen molar-refractivity contribution in [3.8, 4) is 0 Å². The number of ketones is 1. The van der Waals surface area contributed by atoms with Gasteiger partial charge in [0.1, 0.15) is 0 Å². The topological polar surface area (TPSA) is 17.1 Å². The Morgan fingerprint density at radius 3 is 2.00 bits per heavy atom. The zero-order valence-electron chi connectivity index (χ0n) is 7.65. The Kier molecular flexibility index (Phi) is 3.24. The summed E-state index contributed by atoms with van der Waals surface area (Å²) in [4.78, 5) is 10.5. The highest BCUT2D eigenvalue weighted by atomic mass is 19.2. The van der Waals surface area contributed by atoms with Crippen molar-refractivity contribution in [3.05, 3.63) is 41.0 Å². The molecule has 0 saturated heterocycles. The molecular formula is C10H6F4O. The van der Waals surface area contributed by atoms with Crippen LogP contribution in [0, 0.1) is 23.3 Å². The van der Waals surface area contributed by atoms with Gasteiger partial charge in [-0.2, -0.15) is 0 Å². The fourth-order valence-corrected chi connectivity index (χ4v) is 0.939. The number of halogens is 4. The first-order chi connectivity index (χ1) is 6.93. The molecule has 0 saturated carbocycles. The second-order valence-corrected chi connectivity index (χ2v) is 2.83. The van der Waals surface area contributed by atoms with Crippen molar-refractivity contribution >= 4 is 11.9 Å². The van der Waals surface area contributed by atoms with Gasteiger partial charge >= 0.3 is 0 Å². The van der Waals surface area contributed by atoms with Gasteiger partial charge in [-0.25, -0.2) is 17.6 Å². The van der Waals surface area contributed by atoms with E-state index in [2.05, 4.69) is 0 Å². The standard InChI is InChI=1S/C10H6F4O/c1-5(15)2-3-6-9(13)7(11)4-8(12)10(6)14/h2-4H,1H3/b3-2+. The highest BCUT2D eigenvalue weighted by Crippen LogP contribution is 2.20. The third-order valence-electron chi connectivity index (χ3n) is 1.63. The van der Waals surface area contributed by atoms with E-state index in [9.17, 15) is 22.4 Å². The minimum absolute atomic E-state index is 0.107. The lowest BCUT2D eigenvalue weighted by atomic mass is 10.1. The summed E-state index contributed by atoms with van der Waals surface area (Å²) < 4.78 is 51.2. The van der Waals surface area contributed by atoms with E-state index >= 15 is 0 Å². The van der Waals surface area contributed by atoms with Gasteiger partial charge in [-0.15, -0.1) is 0 Å². The fraction of sp³-hybridized carbons (Fsp3) is 0.100. The lowest BCUT2D eigenvalue weighted by Gasteiger charge is -2.01. The van der Waals surface area contributed by atoms with E-state index in [1.54, 1.807) is 0 Å². The molecule has 0 aliphatic carbocycles. The number of benzene rings is 1. The Labute approximate surface area is 83.0 Å². The summed E-state index contributed by atoms with van der Waals surface area (Å²) >= 11 is 0. The van der Waals surface area contributed by atoms with Crippen molar-refractivity contribution < 1.29 is 22.4 Å². The van der Waals surface area contributed by atoms with E-state index in [0.29, 0.717) is 6.08 Å². The van der Waals surface area contributed by atoms with Gasteiger partial charge in [0.15, 0.2) is 29.1 Å². The first-order valence-corrected chi connectivity index (χ1v) is 3.95. The molecule has 15 heavy (non-hydrogen) atoms. The molecule has 0 bridgehead atoms. The van der Waals surface area contributed by atoms with Gasteiger partial charge in [0.2, 0.25) is 0 Å². The van der Waals surface area contributed by atoms with Gasteiger partial charge in [-0.3, -0.25) is 4.79 Å². The maximum atomic E-state index is 12.9. The van der Waals surface area contributed by atoms with Gasteiger partial charge < -0.3 is 0 Å². The molecule has 0 aromatic heterocycles. The zero-order valence-corrected chi connectivity index (χ0v) is 7.65. The molecular weight excluding hydrogens is 212 g/mol. The van der Waals surface area contributed by atoms with Crippen molar-refractivity contribution in [1.29, 1.82) is 0 Å². The number of hydrogen-bond donors (Lipinski definition) is 0. The minimum atomic E-state index is -1.52. The maximum Gasteiger partial charge on any atom is 0.169 e. The van der Waals surface area contributed by atoms with Crippen LogP contribution in [0.2, 0.25) is 0 Å². The monoisotopic (exact) mass is 218 g/mol. The van der Waals surface area contributed by atoms with Crippen LogP contribution in [-0.4, -0.2) is 5.78 Å². The summed E-state index contributed by atoms with van der Waals surface area (Å²) in [7, 11) is 0. The summed E-state index contributed by atoms with van der Waals surface area (Å²) in [5.74, 6) is -6.54. The van der Waals surface area contributed by atoms with Gasteiger partial charge in [-0.1, -0.05) is 0 Å². The van der Waals surface area contributed by atoms with Crippen LogP contribution in [0.15, 0.2) is 12.1 Å². The van der Waals surface area contributed by atoms with Crippen molar-refractivity contribution in [2.75, 3.05) is 0 Å². The molecule has 5 heteroatoms. The average Bonchev–Trinajstić information content (AvgIpc) is 2.14. The smallest absolute Gasteiger partial charge is 0.169 e. The van der Waals surface area contributed by atoms with Crippen LogP contribution < -0.4 is 0 Å². The maximum absolute atomic E-state index is 12.9. The summed E-state index contributed by atoms with van der Waals surface area (Å²) in [6, 6.07) is 0.107. The van der Waals surface area contributed by atoms with Crippen molar-refractivity contribution in [2.24, 2.45) is 0 Å². The lowest BCUT2D eigenvalue weighted by molar-refractivity contribution is -0.112. The van der Waals surface area contributed by atoms with E-state index in [1.807, 2.05) is 0 Å². The van der Waals surface area contributed by atoms with E-state index < -0.39 is 34.6 Å². The molecule has 1 aromatic rings. The first kappa shape index (κ1) is 11.4. The van der Waals surface area contributed by atoms with E-state index in [0.717, 1.165) is 13.0 Å². The Hall–Kier alpha value is -1.65.